The molecule has 5 heterocycles. The molecule has 7 rings (SSSR count). The van der Waals surface area contributed by atoms with Gasteiger partial charge in [-0.25, -0.2) is 14.4 Å². The summed E-state index contributed by atoms with van der Waals surface area (Å²) in [6.07, 6.45) is 12.8. The number of ether oxygens (including phenoxy) is 1. The van der Waals surface area contributed by atoms with Crippen LogP contribution in [0.1, 0.15) is 81.1 Å². The van der Waals surface area contributed by atoms with Crippen LogP contribution in [0.2, 0.25) is 0 Å². The fourth-order valence-electron chi connectivity index (χ4n) is 7.27. The minimum Gasteiger partial charge on any atom is -0.477 e. The van der Waals surface area contributed by atoms with E-state index in [1.165, 1.54) is 25.7 Å². The zero-order chi connectivity index (χ0) is 29.9. The maximum absolute atomic E-state index is 13.6. The Morgan fingerprint density at radius 3 is 2.60 bits per heavy atom. The highest BCUT2D eigenvalue weighted by molar-refractivity contribution is 7.90. The number of hydrogen-bond acceptors (Lipinski definition) is 8. The third-order valence-electron chi connectivity index (χ3n) is 9.66. The summed E-state index contributed by atoms with van der Waals surface area (Å²) >= 11 is 0. The predicted molar refractivity (Wildman–Crippen MR) is 161 cm³/mol. The van der Waals surface area contributed by atoms with Crippen molar-refractivity contribution in [3.05, 3.63) is 41.7 Å². The average Bonchev–Trinajstić information content (AvgIpc) is 3.86. The molecule has 2 aliphatic heterocycles. The molecule has 1 atom stereocenters. The number of hydrogen-bond donors (Lipinski definition) is 1. The van der Waals surface area contributed by atoms with Gasteiger partial charge >= 0.3 is 0 Å². The van der Waals surface area contributed by atoms with E-state index in [4.69, 9.17) is 9.72 Å². The van der Waals surface area contributed by atoms with Crippen molar-refractivity contribution >= 4 is 21.7 Å². The molecule has 43 heavy (non-hydrogen) atoms. The molecule has 1 N–H and O–H groups in total. The highest BCUT2D eigenvalue weighted by Crippen LogP contribution is 2.50. The zero-order valence-electron chi connectivity index (χ0n) is 25.2. The van der Waals surface area contributed by atoms with Crippen molar-refractivity contribution < 1.29 is 17.9 Å². The number of carbonyl (C=O) groups excluding carboxylic acids is 1. The lowest BCUT2D eigenvalue weighted by Gasteiger charge is -2.34. The Kier molecular flexibility index (Phi) is 7.02. The molecule has 0 radical (unpaired) electrons. The summed E-state index contributed by atoms with van der Waals surface area (Å²) in [5.74, 6) is 3.77. The minimum atomic E-state index is -4.18. The maximum atomic E-state index is 13.6. The van der Waals surface area contributed by atoms with E-state index in [9.17, 15) is 13.2 Å². The summed E-state index contributed by atoms with van der Waals surface area (Å²) in [7, 11) is -4.18. The first-order valence-electron chi connectivity index (χ1n) is 15.7. The lowest BCUT2D eigenvalue weighted by Crippen LogP contribution is -2.41. The van der Waals surface area contributed by atoms with Crippen molar-refractivity contribution in [1.29, 1.82) is 0 Å². The minimum absolute atomic E-state index is 0.127. The van der Waals surface area contributed by atoms with Crippen LogP contribution in [0.4, 0.5) is 5.82 Å². The molecule has 2 saturated carbocycles. The highest BCUT2D eigenvalue weighted by Gasteiger charge is 2.42. The molecular formula is C31H41N7O4S. The summed E-state index contributed by atoms with van der Waals surface area (Å²) in [6.45, 7) is 7.98. The Labute approximate surface area is 253 Å². The Balaban J connectivity index is 1.17. The molecule has 2 aliphatic carbocycles. The highest BCUT2D eigenvalue weighted by atomic mass is 32.2. The number of aryl methyl sites for hydroxylation is 2. The van der Waals surface area contributed by atoms with Crippen LogP contribution in [0.25, 0.3) is 5.82 Å². The Morgan fingerprint density at radius 1 is 1.09 bits per heavy atom. The second kappa shape index (κ2) is 10.6. The molecule has 3 aromatic heterocycles. The number of carbonyl (C=O) groups is 1. The van der Waals surface area contributed by atoms with Crippen LogP contribution in [0.5, 0.6) is 5.88 Å². The first kappa shape index (κ1) is 28.4. The number of anilines is 1. The number of amides is 1. The van der Waals surface area contributed by atoms with E-state index < -0.39 is 15.9 Å². The van der Waals surface area contributed by atoms with E-state index in [1.807, 2.05) is 12.3 Å². The number of nitrogens with one attached hydrogen (secondary N) is 1. The summed E-state index contributed by atoms with van der Waals surface area (Å²) in [5, 5.41) is 8.81. The number of fused-ring (bicyclic) bond motifs is 6. The van der Waals surface area contributed by atoms with Crippen molar-refractivity contribution in [2.45, 2.75) is 89.2 Å². The van der Waals surface area contributed by atoms with Gasteiger partial charge in [-0.3, -0.25) is 9.48 Å². The van der Waals surface area contributed by atoms with Gasteiger partial charge in [-0.2, -0.15) is 13.5 Å². The third-order valence-corrected chi connectivity index (χ3v) is 11.0. The van der Waals surface area contributed by atoms with Crippen LogP contribution in [-0.2, 0) is 16.6 Å². The largest absolute Gasteiger partial charge is 0.477 e. The molecule has 1 unspecified atom stereocenters. The van der Waals surface area contributed by atoms with Crippen molar-refractivity contribution in [2.75, 3.05) is 18.1 Å². The van der Waals surface area contributed by atoms with Crippen molar-refractivity contribution in [3.63, 3.8) is 0 Å². The Hall–Kier alpha value is -3.41. The van der Waals surface area contributed by atoms with Gasteiger partial charge in [0, 0.05) is 42.7 Å². The van der Waals surface area contributed by atoms with E-state index >= 15 is 0 Å². The van der Waals surface area contributed by atoms with Gasteiger partial charge in [-0.05, 0) is 108 Å². The van der Waals surface area contributed by atoms with Gasteiger partial charge in [-0.15, -0.1) is 5.10 Å². The van der Waals surface area contributed by atoms with Gasteiger partial charge < -0.3 is 9.64 Å². The van der Waals surface area contributed by atoms with E-state index in [0.717, 1.165) is 50.0 Å². The Bertz CT molecular complexity index is 1620. The van der Waals surface area contributed by atoms with Crippen LogP contribution in [-0.4, -0.2) is 57.6 Å². The maximum Gasteiger partial charge on any atom is 0.283 e. The van der Waals surface area contributed by atoms with Crippen molar-refractivity contribution in [1.82, 2.24) is 29.3 Å². The molecule has 3 aromatic rings. The van der Waals surface area contributed by atoms with Gasteiger partial charge in [0.15, 0.2) is 10.8 Å². The van der Waals surface area contributed by atoms with Crippen LogP contribution >= 0.6 is 0 Å². The summed E-state index contributed by atoms with van der Waals surface area (Å²) < 4.78 is 38.1. The molecule has 4 aliphatic rings. The molecule has 0 aromatic carbocycles. The van der Waals surface area contributed by atoms with Crippen LogP contribution in [0.15, 0.2) is 35.6 Å². The molecule has 4 bridgehead atoms. The van der Waals surface area contributed by atoms with Crippen LogP contribution in [0, 0.1) is 30.6 Å². The van der Waals surface area contributed by atoms with Gasteiger partial charge in [0.2, 0.25) is 5.88 Å². The van der Waals surface area contributed by atoms with E-state index in [-0.39, 0.29) is 16.1 Å². The fourth-order valence-corrected chi connectivity index (χ4v) is 8.41. The standard InChI is InChI=1S/C31H41N7O4S/c1-20-18-36-14-4-5-21-17-31(2,3)37(19-21)28-25(29(39)35-43(40,41)30(20)34-36)10-11-26(32-28)38-15-12-27(33-38)42-16-13-24(22-6-7-22)23-8-9-23/h10-12,15,18,21-24H,4-9,13-14,16-17,19H2,1-3H3,(H,35,39). The Morgan fingerprint density at radius 2 is 1.86 bits per heavy atom. The quantitative estimate of drug-likeness (QED) is 0.417. The van der Waals surface area contributed by atoms with Crippen molar-refractivity contribution in [2.24, 2.45) is 23.7 Å². The first-order valence-corrected chi connectivity index (χ1v) is 17.1. The van der Waals surface area contributed by atoms with Gasteiger partial charge in [0.1, 0.15) is 5.82 Å². The van der Waals surface area contributed by atoms with Crippen molar-refractivity contribution in [3.8, 4) is 11.7 Å². The van der Waals surface area contributed by atoms with E-state index in [2.05, 4.69) is 33.7 Å². The lowest BCUT2D eigenvalue weighted by atomic mass is 9.93. The van der Waals surface area contributed by atoms with Gasteiger partial charge in [0.05, 0.1) is 12.2 Å². The molecule has 3 fully saturated rings. The molecule has 12 heteroatoms. The second-order valence-corrected chi connectivity index (χ2v) is 15.2. The number of aromatic nitrogens is 5. The smallest absolute Gasteiger partial charge is 0.283 e. The van der Waals surface area contributed by atoms with E-state index in [0.29, 0.717) is 42.1 Å². The molecule has 1 saturated heterocycles. The fraction of sp³-hybridized carbons (Fsp3) is 0.613. The lowest BCUT2D eigenvalue weighted by molar-refractivity contribution is 0.0981. The topological polar surface area (TPSA) is 124 Å². The number of nitrogens with zero attached hydrogens (tertiary/aromatic N) is 6. The molecule has 230 valence electrons. The number of sulfonamides is 1. The summed E-state index contributed by atoms with van der Waals surface area (Å²) in [4.78, 5) is 20.7. The molecule has 0 spiro atoms. The SMILES string of the molecule is Cc1cn2nc1S(=O)(=O)NC(=O)c1ccc(-n3ccc(OCCC(C4CC4)C4CC4)n3)nc1N1CC(CCC2)CC1(C)C. The predicted octanol–water partition coefficient (Wildman–Crippen LogP) is 4.49. The second-order valence-electron chi connectivity index (χ2n) is 13.6. The summed E-state index contributed by atoms with van der Waals surface area (Å²) in [5.41, 5.74) is 0.421. The van der Waals surface area contributed by atoms with Gasteiger partial charge in [0.25, 0.3) is 15.9 Å². The number of rotatable bonds is 7. The summed E-state index contributed by atoms with van der Waals surface area (Å²) in [6, 6.07) is 5.18. The molecule has 1 amide bonds. The normalized spacial score (nSPS) is 23.1. The van der Waals surface area contributed by atoms with E-state index in [1.54, 1.807) is 34.6 Å². The van der Waals surface area contributed by atoms with Crippen LogP contribution in [0.3, 0.4) is 0 Å². The molecular weight excluding hydrogens is 566 g/mol. The van der Waals surface area contributed by atoms with Crippen LogP contribution < -0.4 is 14.4 Å². The first-order chi connectivity index (χ1) is 20.6. The zero-order valence-corrected chi connectivity index (χ0v) is 26.0. The molecule has 11 nitrogen and oxygen atoms in total. The third kappa shape index (κ3) is 5.77. The number of pyridine rings is 1. The van der Waals surface area contributed by atoms with Gasteiger partial charge in [-0.1, -0.05) is 0 Å². The monoisotopic (exact) mass is 607 g/mol. The average molecular weight is 608 g/mol.